The molecule has 0 spiro atoms. The molecule has 1 heteroatoms. The van der Waals surface area contributed by atoms with E-state index in [2.05, 4.69) is 68.6 Å². The van der Waals surface area contributed by atoms with Crippen molar-refractivity contribution in [3.05, 3.63) is 59.2 Å². The van der Waals surface area contributed by atoms with E-state index in [0.29, 0.717) is 0 Å². The summed E-state index contributed by atoms with van der Waals surface area (Å²) in [5.74, 6) is 0. The summed E-state index contributed by atoms with van der Waals surface area (Å²) >= 11 is 0. The molecular weight excluding hydrogens is 518 g/mol. The summed E-state index contributed by atoms with van der Waals surface area (Å²) in [7, 11) is 0. The van der Waals surface area contributed by atoms with Crippen molar-refractivity contribution in [2.24, 2.45) is 0 Å². The zero-order chi connectivity index (χ0) is 30.6. The molecule has 0 bridgehead atoms. The maximum absolute atomic E-state index is 3.85. The van der Waals surface area contributed by atoms with Crippen molar-refractivity contribution in [3.8, 4) is 0 Å². The van der Waals surface area contributed by atoms with E-state index in [-0.39, 0.29) is 0 Å². The van der Waals surface area contributed by atoms with Gasteiger partial charge in [-0.2, -0.15) is 0 Å². The van der Waals surface area contributed by atoms with Gasteiger partial charge in [-0.1, -0.05) is 180 Å². The molecule has 0 aromatic heterocycles. The fourth-order valence-corrected chi connectivity index (χ4v) is 6.54. The van der Waals surface area contributed by atoms with Gasteiger partial charge < -0.3 is 5.32 Å². The molecule has 0 fully saturated rings. The molecule has 0 aliphatic rings. The first-order valence-corrected chi connectivity index (χ1v) is 19.2. The van der Waals surface area contributed by atoms with Crippen LogP contribution >= 0.6 is 0 Å². The lowest BCUT2D eigenvalue weighted by Gasteiger charge is -2.17. The first-order chi connectivity index (χ1) is 21.3. The van der Waals surface area contributed by atoms with E-state index in [1.165, 1.54) is 190 Å². The fraction of sp³-hybridized carbons (Fsp3) is 0.714. The average molecular weight is 590 g/mol. The van der Waals surface area contributed by atoms with E-state index in [1.807, 2.05) is 0 Å². The van der Waals surface area contributed by atoms with Gasteiger partial charge in [0.25, 0.3) is 0 Å². The first-order valence-electron chi connectivity index (χ1n) is 19.2. The van der Waals surface area contributed by atoms with Gasteiger partial charge in [0.2, 0.25) is 0 Å². The Bertz CT molecular complexity index is 882. The van der Waals surface area contributed by atoms with E-state index in [1.54, 1.807) is 11.1 Å². The smallest absolute Gasteiger partial charge is 0.0419 e. The van der Waals surface area contributed by atoms with Crippen LogP contribution in [0.2, 0.25) is 0 Å². The Kier molecular flexibility index (Phi) is 23.2. The Morgan fingerprint density at radius 3 is 1.30 bits per heavy atom. The van der Waals surface area contributed by atoms with Gasteiger partial charge in [0.1, 0.15) is 0 Å². The van der Waals surface area contributed by atoms with Crippen molar-refractivity contribution in [1.82, 2.24) is 0 Å². The molecule has 244 valence electrons. The minimum atomic E-state index is 1.21. The van der Waals surface area contributed by atoms with Crippen LogP contribution in [0.5, 0.6) is 0 Å². The third-order valence-electron chi connectivity index (χ3n) is 9.40. The van der Waals surface area contributed by atoms with Crippen molar-refractivity contribution < 1.29 is 0 Å². The SMILES string of the molecule is CCCCCCCCCCc1ccc(Nc2cccc(CCCCCCCCCC)c2CCCCCCCCCC)cc1. The number of anilines is 2. The maximum atomic E-state index is 3.85. The van der Waals surface area contributed by atoms with Crippen molar-refractivity contribution in [1.29, 1.82) is 0 Å². The summed E-state index contributed by atoms with van der Waals surface area (Å²) in [5.41, 5.74) is 7.24. The number of unbranched alkanes of at least 4 members (excludes halogenated alkanes) is 21. The van der Waals surface area contributed by atoms with Gasteiger partial charge in [-0.15, -0.1) is 0 Å². The van der Waals surface area contributed by atoms with Crippen LogP contribution in [0.4, 0.5) is 11.4 Å². The van der Waals surface area contributed by atoms with Gasteiger partial charge >= 0.3 is 0 Å². The number of benzene rings is 2. The highest BCUT2D eigenvalue weighted by Crippen LogP contribution is 2.28. The van der Waals surface area contributed by atoms with Crippen LogP contribution in [0.3, 0.4) is 0 Å². The van der Waals surface area contributed by atoms with Crippen molar-refractivity contribution in [3.63, 3.8) is 0 Å². The second kappa shape index (κ2) is 26.6. The van der Waals surface area contributed by atoms with E-state index >= 15 is 0 Å². The number of rotatable bonds is 29. The van der Waals surface area contributed by atoms with Gasteiger partial charge in [-0.25, -0.2) is 0 Å². The standard InChI is InChI=1S/C42H71N/c1-4-7-10-13-16-19-22-25-29-38-34-36-40(37-35-38)43-42-33-28-31-39(30-26-23-20-17-14-11-8-5-2)41(42)32-27-24-21-18-15-12-9-6-3/h28,31,33-37,43H,4-27,29-30,32H2,1-3H3. The Balaban J connectivity index is 1.87. The molecule has 43 heavy (non-hydrogen) atoms. The number of aryl methyl sites for hydroxylation is 2. The van der Waals surface area contributed by atoms with Crippen LogP contribution in [0, 0.1) is 0 Å². The van der Waals surface area contributed by atoms with Gasteiger partial charge in [0, 0.05) is 11.4 Å². The second-order valence-electron chi connectivity index (χ2n) is 13.4. The zero-order valence-electron chi connectivity index (χ0n) is 29.1. The van der Waals surface area contributed by atoms with Gasteiger partial charge in [-0.05, 0) is 73.4 Å². The Morgan fingerprint density at radius 1 is 0.395 bits per heavy atom. The zero-order valence-corrected chi connectivity index (χ0v) is 29.1. The molecule has 0 aliphatic heterocycles. The number of nitrogens with one attached hydrogen (secondary N) is 1. The maximum Gasteiger partial charge on any atom is 0.0419 e. The molecule has 0 atom stereocenters. The summed E-state index contributed by atoms with van der Waals surface area (Å²) < 4.78 is 0. The Hall–Kier alpha value is -1.76. The fourth-order valence-electron chi connectivity index (χ4n) is 6.54. The normalized spacial score (nSPS) is 11.3. The summed E-state index contributed by atoms with van der Waals surface area (Å²) in [6.45, 7) is 6.92. The third-order valence-corrected chi connectivity index (χ3v) is 9.40. The van der Waals surface area contributed by atoms with Crippen LogP contribution in [0.1, 0.15) is 192 Å². The highest BCUT2D eigenvalue weighted by molar-refractivity contribution is 5.65. The summed E-state index contributed by atoms with van der Waals surface area (Å²) in [6.07, 6.45) is 37.0. The Morgan fingerprint density at radius 2 is 0.814 bits per heavy atom. The molecule has 1 nitrogen and oxygen atoms in total. The van der Waals surface area contributed by atoms with E-state index in [4.69, 9.17) is 0 Å². The quantitative estimate of drug-likeness (QED) is 0.0931. The first kappa shape index (κ1) is 37.4. The highest BCUT2D eigenvalue weighted by Gasteiger charge is 2.10. The van der Waals surface area contributed by atoms with Crippen molar-refractivity contribution in [2.75, 3.05) is 5.32 Å². The second-order valence-corrected chi connectivity index (χ2v) is 13.4. The Labute approximate surface area is 269 Å². The lowest BCUT2D eigenvalue weighted by atomic mass is 9.94. The number of hydrogen-bond acceptors (Lipinski definition) is 1. The van der Waals surface area contributed by atoms with E-state index < -0.39 is 0 Å². The van der Waals surface area contributed by atoms with Gasteiger partial charge in [0.15, 0.2) is 0 Å². The largest absolute Gasteiger partial charge is 0.355 e. The predicted molar refractivity (Wildman–Crippen MR) is 195 cm³/mol. The molecular formula is C42H71N. The average Bonchev–Trinajstić information content (AvgIpc) is 3.02. The monoisotopic (exact) mass is 590 g/mol. The van der Waals surface area contributed by atoms with Crippen LogP contribution in [0.15, 0.2) is 42.5 Å². The van der Waals surface area contributed by atoms with Gasteiger partial charge in [-0.3, -0.25) is 0 Å². The minimum absolute atomic E-state index is 1.21. The lowest BCUT2D eigenvalue weighted by molar-refractivity contribution is 0.571. The molecule has 0 heterocycles. The van der Waals surface area contributed by atoms with Crippen LogP contribution < -0.4 is 5.32 Å². The molecule has 1 N–H and O–H groups in total. The highest BCUT2D eigenvalue weighted by atomic mass is 14.9. The minimum Gasteiger partial charge on any atom is -0.355 e. The predicted octanol–water partition coefficient (Wildman–Crippen LogP) is 14.5. The van der Waals surface area contributed by atoms with E-state index in [9.17, 15) is 0 Å². The summed E-state index contributed by atoms with van der Waals surface area (Å²) in [5, 5.41) is 3.85. The summed E-state index contributed by atoms with van der Waals surface area (Å²) in [4.78, 5) is 0. The van der Waals surface area contributed by atoms with Crippen LogP contribution in [-0.4, -0.2) is 0 Å². The molecule has 2 aromatic rings. The van der Waals surface area contributed by atoms with Crippen LogP contribution in [-0.2, 0) is 19.3 Å². The van der Waals surface area contributed by atoms with E-state index in [0.717, 1.165) is 0 Å². The third kappa shape index (κ3) is 18.6. The molecule has 0 saturated carbocycles. The number of hydrogen-bond donors (Lipinski definition) is 1. The molecule has 0 unspecified atom stereocenters. The molecule has 0 aliphatic carbocycles. The topological polar surface area (TPSA) is 12.0 Å². The van der Waals surface area contributed by atoms with Crippen molar-refractivity contribution in [2.45, 2.75) is 194 Å². The molecule has 0 amide bonds. The molecule has 0 radical (unpaired) electrons. The summed E-state index contributed by atoms with van der Waals surface area (Å²) in [6, 6.07) is 16.4. The van der Waals surface area contributed by atoms with Crippen LogP contribution in [0.25, 0.3) is 0 Å². The molecule has 2 rings (SSSR count). The molecule has 0 saturated heterocycles. The lowest BCUT2D eigenvalue weighted by Crippen LogP contribution is -2.02. The van der Waals surface area contributed by atoms with Crippen molar-refractivity contribution >= 4 is 11.4 Å². The molecule has 2 aromatic carbocycles. The van der Waals surface area contributed by atoms with Gasteiger partial charge in [0.05, 0.1) is 0 Å².